The molecule has 4 N–H and O–H groups in total. The lowest BCUT2D eigenvalue weighted by molar-refractivity contribution is 0.459. The van der Waals surface area contributed by atoms with E-state index in [0.717, 1.165) is 5.88 Å². The van der Waals surface area contributed by atoms with Gasteiger partial charge in [-0.3, -0.25) is 9.12 Å². The lowest BCUT2D eigenvalue weighted by Gasteiger charge is -1.95. The van der Waals surface area contributed by atoms with Crippen molar-refractivity contribution in [3.63, 3.8) is 0 Å². The van der Waals surface area contributed by atoms with E-state index in [-0.39, 0.29) is 0 Å². The molecule has 0 aromatic heterocycles. The smallest absolute Gasteiger partial charge is 0.321 e. The average Bonchev–Trinajstić information content (AvgIpc) is 1.98. The normalized spacial score (nSPS) is 15.2. The Bertz CT molecular complexity index is 270. The van der Waals surface area contributed by atoms with E-state index < -0.39 is 16.5 Å². The number of halogens is 1. The van der Waals surface area contributed by atoms with E-state index in [1.54, 1.807) is 0 Å². The van der Waals surface area contributed by atoms with Gasteiger partial charge in [0.05, 0.1) is 0 Å². The van der Waals surface area contributed by atoms with Crippen LogP contribution in [0.15, 0.2) is 0 Å². The highest BCUT2D eigenvalue weighted by atomic mass is 35.5. The minimum Gasteiger partial charge on any atom is -0.321 e. The van der Waals surface area contributed by atoms with Crippen molar-refractivity contribution < 1.29 is 22.4 Å². The van der Waals surface area contributed by atoms with Crippen molar-refractivity contribution in [2.24, 2.45) is 5.50 Å². The van der Waals surface area contributed by atoms with Crippen LogP contribution < -0.4 is 5.50 Å². The van der Waals surface area contributed by atoms with Crippen LogP contribution in [-0.2, 0) is 14.3 Å². The summed E-state index contributed by atoms with van der Waals surface area (Å²) < 4.78 is 36.6. The second-order valence-corrected chi connectivity index (χ2v) is 7.76. The number of hydrogen-bond donors (Lipinski definition) is 3. The Balaban J connectivity index is 0. The van der Waals surface area contributed by atoms with Gasteiger partial charge in [-0.1, -0.05) is 19.8 Å². The Hall–Kier alpha value is 0.350. The monoisotopic (exact) mass is 267 g/mol. The minimum absolute atomic E-state index is 0.827. The summed E-state index contributed by atoms with van der Waals surface area (Å²) >= 11 is 5.38. The fourth-order valence-corrected chi connectivity index (χ4v) is 0.533. The summed E-state index contributed by atoms with van der Waals surface area (Å²) in [5.74, 6) is 0.827. The van der Waals surface area contributed by atoms with Gasteiger partial charge in [0, 0.05) is 5.88 Å². The zero-order chi connectivity index (χ0) is 11.8. The van der Waals surface area contributed by atoms with Gasteiger partial charge < -0.3 is 4.89 Å². The molecule has 9 heteroatoms. The third-order valence-corrected chi connectivity index (χ3v) is 3.98. The van der Waals surface area contributed by atoms with E-state index in [0.29, 0.717) is 0 Å². The van der Waals surface area contributed by atoms with Gasteiger partial charge in [0.15, 0.2) is 0 Å². The van der Waals surface area contributed by atoms with Crippen molar-refractivity contribution in [3.8, 4) is 0 Å². The molecule has 0 aliphatic heterocycles. The molecule has 0 spiro atoms. The molecule has 0 aromatic rings. The number of unbranched alkanes of at least 4 members (excludes halogenated alkanes) is 2. The van der Waals surface area contributed by atoms with E-state index in [1.807, 2.05) is 0 Å². The van der Waals surface area contributed by atoms with E-state index in [2.05, 4.69) is 12.4 Å². The molecule has 0 radical (unpaired) electrons. The molecule has 0 aliphatic rings. The quantitative estimate of drug-likeness (QED) is 0.306. The van der Waals surface area contributed by atoms with Crippen LogP contribution in [0.2, 0.25) is 0 Å². The zero-order valence-electron chi connectivity index (χ0n) is 7.76. The molecule has 14 heavy (non-hydrogen) atoms. The first-order chi connectivity index (χ1) is 6.16. The molecule has 1 atom stereocenters. The largest absolute Gasteiger partial charge is 0.404 e. The average molecular weight is 268 g/mol. The van der Waals surface area contributed by atoms with Crippen LogP contribution in [0.25, 0.3) is 0 Å². The predicted octanol–water partition coefficient (Wildman–Crippen LogP) is 1.35. The predicted molar refractivity (Wildman–Crippen MR) is 55.8 cm³/mol. The molecule has 6 nitrogen and oxygen atoms in total. The number of nitrogens with two attached hydrogens (primary N) is 1. The Morgan fingerprint density at radius 2 is 1.79 bits per heavy atom. The summed E-state index contributed by atoms with van der Waals surface area (Å²) in [6.07, 6.45) is 3.73. The van der Waals surface area contributed by atoms with Crippen molar-refractivity contribution >= 4 is 28.1 Å². The first-order valence-electron chi connectivity index (χ1n) is 3.81. The first kappa shape index (κ1) is 16.8. The van der Waals surface area contributed by atoms with Crippen molar-refractivity contribution in [1.29, 1.82) is 0 Å². The second-order valence-electron chi connectivity index (χ2n) is 2.41. The molecule has 88 valence electrons. The van der Waals surface area contributed by atoms with E-state index in [9.17, 15) is 13.0 Å². The van der Waals surface area contributed by atoms with Crippen LogP contribution in [0, 0.1) is 0 Å². The van der Waals surface area contributed by atoms with Crippen LogP contribution in [0.4, 0.5) is 0 Å². The number of hydrogen-bond acceptors (Lipinski definition) is 3. The van der Waals surface area contributed by atoms with Crippen LogP contribution >= 0.6 is 18.3 Å². The van der Waals surface area contributed by atoms with Crippen LogP contribution in [0.3, 0.4) is 0 Å². The molecule has 0 fully saturated rings. The highest BCUT2D eigenvalue weighted by molar-refractivity contribution is 8.47. The van der Waals surface area contributed by atoms with Gasteiger partial charge in [-0.2, -0.15) is 8.42 Å². The molecule has 0 aromatic carbocycles. The molecule has 0 saturated heterocycles. The highest BCUT2D eigenvalue weighted by Gasteiger charge is 2.28. The zero-order valence-corrected chi connectivity index (χ0v) is 10.2. The van der Waals surface area contributed by atoms with Gasteiger partial charge in [-0.05, 0) is 6.42 Å². The summed E-state index contributed by atoms with van der Waals surface area (Å²) in [5, 5.41) is 0. The number of rotatable bonds is 4. The van der Waals surface area contributed by atoms with Crippen LogP contribution in [0.5, 0.6) is 0 Å². The van der Waals surface area contributed by atoms with Crippen LogP contribution in [-0.4, -0.2) is 23.7 Å². The Labute approximate surface area is 88.5 Å². The van der Waals surface area contributed by atoms with Crippen molar-refractivity contribution in [2.45, 2.75) is 26.2 Å². The maximum atomic E-state index is 9.73. The SMILES string of the molecule is CCCCCCl.NP(=O)(O)S(=O)(=O)O. The van der Waals surface area contributed by atoms with Gasteiger partial charge in [-0.15, -0.1) is 11.6 Å². The highest BCUT2D eigenvalue weighted by Crippen LogP contribution is 2.36. The summed E-state index contributed by atoms with van der Waals surface area (Å²) in [7, 11) is -4.95. The molecule has 0 saturated carbocycles. The van der Waals surface area contributed by atoms with E-state index in [4.69, 9.17) is 21.0 Å². The topological polar surface area (TPSA) is 118 Å². The maximum absolute atomic E-state index is 9.73. The first-order valence-corrected chi connectivity index (χ1v) is 8.12. The molecule has 0 rings (SSSR count). The van der Waals surface area contributed by atoms with Gasteiger partial charge in [0.1, 0.15) is 0 Å². The lowest BCUT2D eigenvalue weighted by Crippen LogP contribution is -2.05. The van der Waals surface area contributed by atoms with E-state index in [1.165, 1.54) is 19.3 Å². The Kier molecular flexibility index (Phi) is 9.12. The van der Waals surface area contributed by atoms with Crippen LogP contribution in [0.1, 0.15) is 26.2 Å². The summed E-state index contributed by atoms with van der Waals surface area (Å²) in [4.78, 5) is 7.85. The molecule has 0 bridgehead atoms. The molecule has 0 heterocycles. The molecule has 1 unspecified atom stereocenters. The van der Waals surface area contributed by atoms with Gasteiger partial charge in [0.25, 0.3) is 0 Å². The third kappa shape index (κ3) is 10.4. The minimum atomic E-state index is -4.95. The van der Waals surface area contributed by atoms with Gasteiger partial charge in [-0.25, -0.2) is 5.50 Å². The van der Waals surface area contributed by atoms with Crippen molar-refractivity contribution in [1.82, 2.24) is 0 Å². The van der Waals surface area contributed by atoms with Crippen molar-refractivity contribution in [2.75, 3.05) is 5.88 Å². The van der Waals surface area contributed by atoms with Crippen molar-refractivity contribution in [3.05, 3.63) is 0 Å². The Morgan fingerprint density at radius 1 is 1.43 bits per heavy atom. The maximum Gasteiger partial charge on any atom is 0.404 e. The lowest BCUT2D eigenvalue weighted by atomic mass is 10.3. The molecular formula is C5H15ClNO5PS. The molecular weight excluding hydrogens is 253 g/mol. The summed E-state index contributed by atoms with van der Waals surface area (Å²) in [6.45, 7) is -2.65. The summed E-state index contributed by atoms with van der Waals surface area (Å²) in [5.41, 5.74) is 4.09. The summed E-state index contributed by atoms with van der Waals surface area (Å²) in [6, 6.07) is 0. The van der Waals surface area contributed by atoms with Gasteiger partial charge >= 0.3 is 16.5 Å². The second kappa shape index (κ2) is 7.62. The standard InChI is InChI=1S/C5H11Cl.H4NO5PS/c1-2-3-4-5-6;1-7(2,3)8(4,5)6/h2-5H2,1H3;(H3,1,2,3)(H,4,5,6). The molecule has 0 amide bonds. The van der Waals surface area contributed by atoms with Gasteiger partial charge in [0.2, 0.25) is 0 Å². The molecule has 0 aliphatic carbocycles. The van der Waals surface area contributed by atoms with E-state index >= 15 is 0 Å². The fraction of sp³-hybridized carbons (Fsp3) is 1.00. The fourth-order valence-electron chi connectivity index (χ4n) is 0.344. The number of alkyl halides is 1. The Morgan fingerprint density at radius 3 is 1.86 bits per heavy atom. The third-order valence-electron chi connectivity index (χ3n) is 1.07.